The van der Waals surface area contributed by atoms with Crippen molar-refractivity contribution >= 4 is 59.3 Å². The molecule has 2 aromatic rings. The van der Waals surface area contributed by atoms with Crippen LogP contribution in [0.5, 0.6) is 0 Å². The van der Waals surface area contributed by atoms with Crippen LogP contribution in [0.4, 0.5) is 5.69 Å². The van der Waals surface area contributed by atoms with Gasteiger partial charge in [-0.25, -0.2) is 4.99 Å². The van der Waals surface area contributed by atoms with Gasteiger partial charge in [-0.05, 0) is 44.0 Å². The van der Waals surface area contributed by atoms with Gasteiger partial charge in [0.15, 0.2) is 0 Å². The molecule has 0 saturated carbocycles. The summed E-state index contributed by atoms with van der Waals surface area (Å²) in [5.41, 5.74) is 7.68. The number of benzene rings is 2. The quantitative estimate of drug-likeness (QED) is 0.525. The molecule has 0 aromatic heterocycles. The fourth-order valence-corrected chi connectivity index (χ4v) is 3.87. The van der Waals surface area contributed by atoms with Crippen LogP contribution in [0.1, 0.15) is 5.56 Å². The predicted octanol–water partition coefficient (Wildman–Crippen LogP) is 5.01. The Hall–Kier alpha value is -0.650. The summed E-state index contributed by atoms with van der Waals surface area (Å²) in [5.74, 6) is 0.485. The molecule has 0 amide bonds. The van der Waals surface area contributed by atoms with Crippen LogP contribution in [0.3, 0.4) is 0 Å². The van der Waals surface area contributed by atoms with E-state index in [1.54, 1.807) is 0 Å². The summed E-state index contributed by atoms with van der Waals surface area (Å²) >= 11 is 10.4. The molecule has 0 atom stereocenters. The second kappa shape index (κ2) is 5.99. The van der Waals surface area contributed by atoms with Crippen molar-refractivity contribution in [3.05, 3.63) is 61.4 Å². The SMILES string of the molecule is NC(=Nc1c(Br)cc(Br)cc1Br)c1ccccc1. The minimum absolute atomic E-state index is 0.485. The Morgan fingerprint density at radius 3 is 2.06 bits per heavy atom. The Morgan fingerprint density at radius 2 is 1.50 bits per heavy atom. The average molecular weight is 433 g/mol. The maximum atomic E-state index is 6.00. The minimum Gasteiger partial charge on any atom is -0.383 e. The van der Waals surface area contributed by atoms with Gasteiger partial charge in [-0.1, -0.05) is 46.3 Å². The number of rotatable bonds is 2. The van der Waals surface area contributed by atoms with Crippen LogP contribution < -0.4 is 5.73 Å². The van der Waals surface area contributed by atoms with Crippen LogP contribution in [0.25, 0.3) is 0 Å². The Balaban J connectivity index is 2.45. The van der Waals surface area contributed by atoms with Gasteiger partial charge in [-0.15, -0.1) is 0 Å². The van der Waals surface area contributed by atoms with E-state index in [-0.39, 0.29) is 0 Å². The normalized spacial score (nSPS) is 11.6. The first-order chi connectivity index (χ1) is 8.58. The number of hydrogen-bond acceptors (Lipinski definition) is 1. The van der Waals surface area contributed by atoms with Crippen LogP contribution in [-0.4, -0.2) is 5.84 Å². The molecule has 0 aliphatic heterocycles. The molecular formula is C13H9Br3N2. The standard InChI is InChI=1S/C13H9Br3N2/c14-9-6-10(15)12(11(16)7-9)18-13(17)8-4-2-1-3-5-8/h1-7H,(H2,17,18). The maximum absolute atomic E-state index is 6.00. The van der Waals surface area contributed by atoms with Crippen LogP contribution in [0.15, 0.2) is 60.9 Å². The highest BCUT2D eigenvalue weighted by atomic mass is 79.9. The van der Waals surface area contributed by atoms with E-state index in [1.165, 1.54) is 0 Å². The predicted molar refractivity (Wildman–Crippen MR) is 86.4 cm³/mol. The molecule has 0 unspecified atom stereocenters. The number of nitrogens with two attached hydrogens (primary N) is 1. The summed E-state index contributed by atoms with van der Waals surface area (Å²) < 4.78 is 2.73. The third-order valence-corrected chi connectivity index (χ3v) is 3.95. The summed E-state index contributed by atoms with van der Waals surface area (Å²) in [6.07, 6.45) is 0. The lowest BCUT2D eigenvalue weighted by Crippen LogP contribution is -2.12. The van der Waals surface area contributed by atoms with Crippen molar-refractivity contribution in [3.8, 4) is 0 Å². The molecule has 92 valence electrons. The molecule has 0 heterocycles. The highest BCUT2D eigenvalue weighted by Crippen LogP contribution is 2.36. The summed E-state index contributed by atoms with van der Waals surface area (Å²) in [6.45, 7) is 0. The summed E-state index contributed by atoms with van der Waals surface area (Å²) in [5, 5.41) is 0. The van der Waals surface area contributed by atoms with Gasteiger partial charge < -0.3 is 5.73 Å². The molecule has 18 heavy (non-hydrogen) atoms. The van der Waals surface area contributed by atoms with E-state index in [1.807, 2.05) is 42.5 Å². The lowest BCUT2D eigenvalue weighted by molar-refractivity contribution is 1.40. The lowest BCUT2D eigenvalue weighted by Gasteiger charge is -2.05. The van der Waals surface area contributed by atoms with Crippen molar-refractivity contribution in [1.29, 1.82) is 0 Å². The molecule has 5 heteroatoms. The van der Waals surface area contributed by atoms with Crippen molar-refractivity contribution in [2.75, 3.05) is 0 Å². The first-order valence-corrected chi connectivity index (χ1v) is 7.50. The summed E-state index contributed by atoms with van der Waals surface area (Å²) in [7, 11) is 0. The zero-order valence-corrected chi connectivity index (χ0v) is 14.0. The van der Waals surface area contributed by atoms with Crippen molar-refractivity contribution < 1.29 is 0 Å². The molecule has 0 radical (unpaired) electrons. The van der Waals surface area contributed by atoms with Crippen molar-refractivity contribution in [2.24, 2.45) is 10.7 Å². The molecule has 2 aromatic carbocycles. The lowest BCUT2D eigenvalue weighted by atomic mass is 10.2. The van der Waals surface area contributed by atoms with E-state index in [0.29, 0.717) is 5.84 Å². The maximum Gasteiger partial charge on any atom is 0.131 e. The van der Waals surface area contributed by atoms with Crippen molar-refractivity contribution in [3.63, 3.8) is 0 Å². The fourth-order valence-electron chi connectivity index (χ4n) is 1.44. The Morgan fingerprint density at radius 1 is 0.944 bits per heavy atom. The first-order valence-electron chi connectivity index (χ1n) is 5.12. The van der Waals surface area contributed by atoms with Crippen molar-refractivity contribution in [1.82, 2.24) is 0 Å². The van der Waals surface area contributed by atoms with Crippen LogP contribution in [0, 0.1) is 0 Å². The second-order valence-corrected chi connectivity index (χ2v) is 6.21. The number of halogens is 3. The fraction of sp³-hybridized carbons (Fsp3) is 0. The highest BCUT2D eigenvalue weighted by molar-refractivity contribution is 9.11. The molecule has 2 N–H and O–H groups in total. The zero-order chi connectivity index (χ0) is 13.1. The largest absolute Gasteiger partial charge is 0.383 e. The van der Waals surface area contributed by atoms with Gasteiger partial charge in [-0.3, -0.25) is 0 Å². The van der Waals surface area contributed by atoms with E-state index >= 15 is 0 Å². The number of amidine groups is 1. The topological polar surface area (TPSA) is 38.4 Å². The Labute approximate surface area is 131 Å². The summed E-state index contributed by atoms with van der Waals surface area (Å²) in [4.78, 5) is 4.45. The molecule has 2 nitrogen and oxygen atoms in total. The molecule has 0 saturated heterocycles. The van der Waals surface area contributed by atoms with Gasteiger partial charge >= 0.3 is 0 Å². The molecule has 0 aliphatic rings. The zero-order valence-electron chi connectivity index (χ0n) is 9.20. The van der Waals surface area contributed by atoms with E-state index in [9.17, 15) is 0 Å². The minimum atomic E-state index is 0.485. The Bertz CT molecular complexity index is 571. The van der Waals surface area contributed by atoms with E-state index < -0.39 is 0 Å². The van der Waals surface area contributed by atoms with Crippen LogP contribution in [0.2, 0.25) is 0 Å². The van der Waals surface area contributed by atoms with E-state index in [4.69, 9.17) is 5.73 Å². The molecule has 0 spiro atoms. The van der Waals surface area contributed by atoms with Gasteiger partial charge in [-0.2, -0.15) is 0 Å². The molecule has 2 rings (SSSR count). The highest BCUT2D eigenvalue weighted by Gasteiger charge is 2.07. The van der Waals surface area contributed by atoms with Gasteiger partial charge in [0.05, 0.1) is 5.69 Å². The van der Waals surface area contributed by atoms with Gasteiger partial charge in [0.1, 0.15) is 5.84 Å². The van der Waals surface area contributed by atoms with Crippen LogP contribution in [-0.2, 0) is 0 Å². The number of hydrogen-bond donors (Lipinski definition) is 1. The third-order valence-electron chi connectivity index (χ3n) is 2.28. The first kappa shape index (κ1) is 13.8. The molecule has 0 fully saturated rings. The third kappa shape index (κ3) is 3.22. The van der Waals surface area contributed by atoms with Gasteiger partial charge in [0.2, 0.25) is 0 Å². The van der Waals surface area contributed by atoms with Crippen LogP contribution >= 0.6 is 47.8 Å². The number of nitrogens with zero attached hydrogens (tertiary/aromatic N) is 1. The molecular weight excluding hydrogens is 424 g/mol. The molecule has 0 bridgehead atoms. The Kier molecular flexibility index (Phi) is 4.59. The van der Waals surface area contributed by atoms with E-state index in [0.717, 1.165) is 24.7 Å². The second-order valence-electron chi connectivity index (χ2n) is 3.58. The van der Waals surface area contributed by atoms with Gasteiger partial charge in [0, 0.05) is 19.0 Å². The molecule has 0 aliphatic carbocycles. The van der Waals surface area contributed by atoms with Gasteiger partial charge in [0.25, 0.3) is 0 Å². The number of aliphatic imine (C=N–C) groups is 1. The average Bonchev–Trinajstić information content (AvgIpc) is 2.34. The van der Waals surface area contributed by atoms with Crippen molar-refractivity contribution in [2.45, 2.75) is 0 Å². The smallest absolute Gasteiger partial charge is 0.131 e. The van der Waals surface area contributed by atoms with E-state index in [2.05, 4.69) is 52.8 Å². The monoisotopic (exact) mass is 430 g/mol. The summed E-state index contributed by atoms with van der Waals surface area (Å²) in [6, 6.07) is 13.5.